The molecule has 19 heavy (non-hydrogen) atoms. The van der Waals surface area contributed by atoms with Crippen LogP contribution in [-0.4, -0.2) is 16.7 Å². The van der Waals surface area contributed by atoms with Crippen molar-refractivity contribution in [3.05, 3.63) is 41.5 Å². The van der Waals surface area contributed by atoms with E-state index in [9.17, 15) is 0 Å². The third kappa shape index (κ3) is 2.46. The normalized spacial score (nSPS) is 17.4. The molecule has 1 unspecified atom stereocenters. The van der Waals surface area contributed by atoms with Crippen LogP contribution in [0.25, 0.3) is 0 Å². The zero-order chi connectivity index (χ0) is 13.1. The number of hydrogen-bond donors (Lipinski definition) is 1. The lowest BCUT2D eigenvalue weighted by Gasteiger charge is -2.13. The molecule has 0 saturated carbocycles. The van der Waals surface area contributed by atoms with Gasteiger partial charge in [-0.2, -0.15) is 4.98 Å². The van der Waals surface area contributed by atoms with Crippen LogP contribution in [-0.2, 0) is 13.0 Å². The highest BCUT2D eigenvalue weighted by Crippen LogP contribution is 2.36. The highest BCUT2D eigenvalue weighted by atomic mass is 16.5. The third-order valence-electron chi connectivity index (χ3n) is 3.44. The number of rotatable bonds is 5. The maximum Gasteiger partial charge on any atom is 0.213 e. The highest BCUT2D eigenvalue weighted by Gasteiger charge is 2.24. The van der Waals surface area contributed by atoms with Gasteiger partial charge in [0, 0.05) is 6.04 Å². The van der Waals surface area contributed by atoms with Crippen molar-refractivity contribution in [1.82, 2.24) is 15.5 Å². The first kappa shape index (κ1) is 12.2. The van der Waals surface area contributed by atoms with Gasteiger partial charge in [-0.1, -0.05) is 24.2 Å². The van der Waals surface area contributed by atoms with Gasteiger partial charge in [0.1, 0.15) is 5.75 Å². The van der Waals surface area contributed by atoms with Crippen molar-refractivity contribution in [2.45, 2.75) is 32.4 Å². The van der Waals surface area contributed by atoms with Crippen molar-refractivity contribution in [2.75, 3.05) is 6.54 Å². The molecule has 100 valence electrons. The van der Waals surface area contributed by atoms with E-state index < -0.39 is 0 Å². The van der Waals surface area contributed by atoms with Gasteiger partial charge in [-0.15, -0.1) is 0 Å². The van der Waals surface area contributed by atoms with Gasteiger partial charge in [0.15, 0.2) is 6.61 Å². The molecule has 5 heteroatoms. The number of aromatic nitrogens is 2. The van der Waals surface area contributed by atoms with Gasteiger partial charge in [0.05, 0.1) is 0 Å². The molecule has 1 N–H and O–H groups in total. The fraction of sp³-hybridized carbons (Fsp3) is 0.429. The van der Waals surface area contributed by atoms with Crippen molar-refractivity contribution in [3.8, 4) is 5.75 Å². The molecule has 1 aromatic carbocycles. The van der Waals surface area contributed by atoms with Gasteiger partial charge < -0.3 is 14.6 Å². The second kappa shape index (κ2) is 5.40. The minimum absolute atomic E-state index is 0.346. The van der Waals surface area contributed by atoms with Crippen LogP contribution in [0, 0.1) is 0 Å². The lowest BCUT2D eigenvalue weighted by atomic mass is 10.1. The predicted molar refractivity (Wildman–Crippen MR) is 69.8 cm³/mol. The molecule has 3 rings (SSSR count). The molecule has 0 aliphatic heterocycles. The van der Waals surface area contributed by atoms with E-state index in [-0.39, 0.29) is 0 Å². The van der Waals surface area contributed by atoms with Crippen molar-refractivity contribution in [1.29, 1.82) is 0 Å². The molecule has 1 heterocycles. The Hall–Kier alpha value is -1.88. The number of nitrogens with one attached hydrogen (secondary N) is 1. The summed E-state index contributed by atoms with van der Waals surface area (Å²) in [5.74, 6) is 1.50. The summed E-state index contributed by atoms with van der Waals surface area (Å²) in [6.07, 6.45) is 3.50. The summed E-state index contributed by atoms with van der Waals surface area (Å²) in [5.41, 5.74) is 2.66. The Labute approximate surface area is 112 Å². The quantitative estimate of drug-likeness (QED) is 0.892. The standard InChI is InChI=1S/C14H17N3O2/c1-2-15-12-7-6-11-10(12)4-3-5-13(11)18-8-14-16-9-19-17-14/h3-5,9,12,15H,2,6-8H2,1H3. The molecule has 0 amide bonds. The van der Waals surface area contributed by atoms with Crippen LogP contribution in [0.4, 0.5) is 0 Å². The van der Waals surface area contributed by atoms with Crippen LogP contribution < -0.4 is 10.1 Å². The number of benzene rings is 1. The highest BCUT2D eigenvalue weighted by molar-refractivity contribution is 5.45. The molecular formula is C14H17N3O2. The van der Waals surface area contributed by atoms with Crippen LogP contribution in [0.2, 0.25) is 0 Å². The molecule has 0 radical (unpaired) electrons. The molecule has 2 aromatic rings. The van der Waals surface area contributed by atoms with Gasteiger partial charge in [-0.3, -0.25) is 0 Å². The van der Waals surface area contributed by atoms with Crippen LogP contribution in [0.1, 0.15) is 36.3 Å². The van der Waals surface area contributed by atoms with E-state index in [0.717, 1.165) is 25.1 Å². The Kier molecular flexibility index (Phi) is 3.46. The molecule has 1 aliphatic carbocycles. The van der Waals surface area contributed by atoms with Crippen LogP contribution >= 0.6 is 0 Å². The molecule has 0 spiro atoms. The van der Waals surface area contributed by atoms with E-state index in [1.807, 2.05) is 12.1 Å². The number of ether oxygens (including phenoxy) is 1. The van der Waals surface area contributed by atoms with Crippen LogP contribution in [0.15, 0.2) is 29.1 Å². The molecule has 0 fully saturated rings. The second-order valence-electron chi connectivity index (χ2n) is 4.61. The molecule has 1 aromatic heterocycles. The number of hydrogen-bond acceptors (Lipinski definition) is 5. The van der Waals surface area contributed by atoms with E-state index in [1.54, 1.807) is 0 Å². The fourth-order valence-electron chi connectivity index (χ4n) is 2.61. The summed E-state index contributed by atoms with van der Waals surface area (Å²) in [6.45, 7) is 3.46. The number of fused-ring (bicyclic) bond motifs is 1. The van der Waals surface area contributed by atoms with Gasteiger partial charge in [0.25, 0.3) is 0 Å². The molecule has 0 bridgehead atoms. The van der Waals surface area contributed by atoms with Crippen molar-refractivity contribution in [2.24, 2.45) is 0 Å². The monoisotopic (exact) mass is 259 g/mol. The summed E-state index contributed by atoms with van der Waals surface area (Å²) < 4.78 is 10.5. The Bertz CT molecular complexity index is 540. The fourth-order valence-corrected chi connectivity index (χ4v) is 2.61. The SMILES string of the molecule is CCNC1CCc2c(OCc3ncon3)cccc21. The summed E-state index contributed by atoms with van der Waals surface area (Å²) in [6, 6.07) is 6.68. The Morgan fingerprint density at radius 2 is 2.42 bits per heavy atom. The van der Waals surface area contributed by atoms with E-state index in [2.05, 4.69) is 28.4 Å². The second-order valence-corrected chi connectivity index (χ2v) is 4.61. The van der Waals surface area contributed by atoms with Crippen molar-refractivity contribution < 1.29 is 9.26 Å². The van der Waals surface area contributed by atoms with Gasteiger partial charge in [-0.25, -0.2) is 0 Å². The first-order chi connectivity index (χ1) is 9.38. The van der Waals surface area contributed by atoms with E-state index in [0.29, 0.717) is 18.5 Å². The predicted octanol–water partition coefficient (Wildman–Crippen LogP) is 2.25. The Morgan fingerprint density at radius 1 is 1.47 bits per heavy atom. The minimum Gasteiger partial charge on any atom is -0.485 e. The zero-order valence-electron chi connectivity index (χ0n) is 10.9. The molecular weight excluding hydrogens is 242 g/mol. The maximum absolute atomic E-state index is 5.81. The van der Waals surface area contributed by atoms with Gasteiger partial charge in [0.2, 0.25) is 12.2 Å². The first-order valence-electron chi connectivity index (χ1n) is 6.61. The molecule has 1 atom stereocenters. The van der Waals surface area contributed by atoms with Gasteiger partial charge in [-0.05, 0) is 36.6 Å². The Morgan fingerprint density at radius 3 is 3.21 bits per heavy atom. The summed E-state index contributed by atoms with van der Waals surface area (Å²) in [5, 5.41) is 7.25. The summed E-state index contributed by atoms with van der Waals surface area (Å²) >= 11 is 0. The summed E-state index contributed by atoms with van der Waals surface area (Å²) in [4.78, 5) is 3.95. The topological polar surface area (TPSA) is 60.2 Å². The largest absolute Gasteiger partial charge is 0.485 e. The van der Waals surface area contributed by atoms with Crippen molar-refractivity contribution in [3.63, 3.8) is 0 Å². The van der Waals surface area contributed by atoms with E-state index >= 15 is 0 Å². The van der Waals surface area contributed by atoms with Gasteiger partial charge >= 0.3 is 0 Å². The first-order valence-corrected chi connectivity index (χ1v) is 6.61. The van der Waals surface area contributed by atoms with E-state index in [4.69, 9.17) is 9.26 Å². The van der Waals surface area contributed by atoms with Crippen LogP contribution in [0.3, 0.4) is 0 Å². The maximum atomic E-state index is 5.81. The Balaban J connectivity index is 1.76. The molecule has 0 saturated heterocycles. The molecule has 5 nitrogen and oxygen atoms in total. The smallest absolute Gasteiger partial charge is 0.213 e. The minimum atomic E-state index is 0.346. The lowest BCUT2D eigenvalue weighted by Crippen LogP contribution is -2.18. The lowest BCUT2D eigenvalue weighted by molar-refractivity contribution is 0.284. The number of nitrogens with zero attached hydrogens (tertiary/aromatic N) is 2. The van der Waals surface area contributed by atoms with Crippen molar-refractivity contribution >= 4 is 0 Å². The zero-order valence-corrected chi connectivity index (χ0v) is 10.9. The van der Waals surface area contributed by atoms with Crippen LogP contribution in [0.5, 0.6) is 5.75 Å². The average Bonchev–Trinajstić information content (AvgIpc) is 3.07. The average molecular weight is 259 g/mol. The summed E-state index contributed by atoms with van der Waals surface area (Å²) in [7, 11) is 0. The third-order valence-corrected chi connectivity index (χ3v) is 3.44. The molecule has 1 aliphatic rings. The van der Waals surface area contributed by atoms with E-state index in [1.165, 1.54) is 17.5 Å².